The van der Waals surface area contributed by atoms with Gasteiger partial charge < -0.3 is 15.4 Å². The van der Waals surface area contributed by atoms with Gasteiger partial charge >= 0.3 is 0 Å². The normalized spacial score (nSPS) is 22.9. The quantitative estimate of drug-likeness (QED) is 0.710. The lowest BCUT2D eigenvalue weighted by atomic mass is 9.76. The number of amides is 1. The molecular weight excluding hydrogens is 264 g/mol. The number of piperidine rings is 1. The van der Waals surface area contributed by atoms with Crippen molar-refractivity contribution in [2.75, 3.05) is 26.2 Å². The summed E-state index contributed by atoms with van der Waals surface area (Å²) >= 11 is 0. The minimum absolute atomic E-state index is 0.129. The van der Waals surface area contributed by atoms with Gasteiger partial charge in [0.25, 0.3) is 0 Å². The van der Waals surface area contributed by atoms with Crippen LogP contribution in [0.2, 0.25) is 0 Å². The van der Waals surface area contributed by atoms with Gasteiger partial charge in [-0.1, -0.05) is 26.2 Å². The highest BCUT2D eigenvalue weighted by Gasteiger charge is 2.37. The van der Waals surface area contributed by atoms with E-state index in [0.29, 0.717) is 6.10 Å². The molecule has 0 aromatic rings. The molecule has 0 spiro atoms. The van der Waals surface area contributed by atoms with Gasteiger partial charge in [0.1, 0.15) is 0 Å². The van der Waals surface area contributed by atoms with Crippen molar-refractivity contribution in [3.63, 3.8) is 0 Å². The van der Waals surface area contributed by atoms with Crippen LogP contribution < -0.4 is 10.6 Å². The number of hydrogen-bond acceptors (Lipinski definition) is 3. The van der Waals surface area contributed by atoms with Crippen molar-refractivity contribution in [3.8, 4) is 0 Å². The first-order valence-electron chi connectivity index (χ1n) is 8.87. The van der Waals surface area contributed by atoms with E-state index in [2.05, 4.69) is 17.6 Å². The van der Waals surface area contributed by atoms with Crippen molar-refractivity contribution in [3.05, 3.63) is 0 Å². The molecule has 1 saturated carbocycles. The van der Waals surface area contributed by atoms with Gasteiger partial charge in [-0.3, -0.25) is 4.79 Å². The second kappa shape index (κ2) is 8.74. The molecule has 4 heteroatoms. The molecule has 1 saturated heterocycles. The van der Waals surface area contributed by atoms with Crippen LogP contribution in [0.25, 0.3) is 0 Å². The molecule has 122 valence electrons. The molecule has 1 aliphatic carbocycles. The fraction of sp³-hybridized carbons (Fsp3) is 0.941. The average molecular weight is 296 g/mol. The minimum Gasteiger partial charge on any atom is -0.378 e. The summed E-state index contributed by atoms with van der Waals surface area (Å²) in [5.74, 6) is 0.254. The topological polar surface area (TPSA) is 50.4 Å². The standard InChI is InChI=1S/C17H32N2O2/c1-2-17(9-12-18-13-10-17)16(20)19-11-6-14-21-15-7-4-3-5-8-15/h15,18H,2-14H2,1H3,(H,19,20). The van der Waals surface area contributed by atoms with E-state index < -0.39 is 0 Å². The number of carbonyl (C=O) groups is 1. The maximum Gasteiger partial charge on any atom is 0.226 e. The second-order valence-corrected chi connectivity index (χ2v) is 6.62. The lowest BCUT2D eigenvalue weighted by Gasteiger charge is -2.35. The van der Waals surface area contributed by atoms with E-state index >= 15 is 0 Å². The highest BCUT2D eigenvalue weighted by atomic mass is 16.5. The first kappa shape index (κ1) is 16.8. The minimum atomic E-state index is -0.129. The summed E-state index contributed by atoms with van der Waals surface area (Å²) < 4.78 is 5.90. The molecule has 1 heterocycles. The number of nitrogens with one attached hydrogen (secondary N) is 2. The van der Waals surface area contributed by atoms with E-state index in [-0.39, 0.29) is 11.3 Å². The van der Waals surface area contributed by atoms with Gasteiger partial charge in [-0.25, -0.2) is 0 Å². The fourth-order valence-corrected chi connectivity index (χ4v) is 3.59. The third-order valence-corrected chi connectivity index (χ3v) is 5.23. The molecule has 21 heavy (non-hydrogen) atoms. The first-order valence-corrected chi connectivity index (χ1v) is 8.87. The molecule has 1 amide bonds. The number of rotatable bonds is 7. The maximum absolute atomic E-state index is 12.4. The van der Waals surface area contributed by atoms with E-state index in [1.807, 2.05) is 0 Å². The van der Waals surface area contributed by atoms with Gasteiger partial charge in [0.2, 0.25) is 5.91 Å². The summed E-state index contributed by atoms with van der Waals surface area (Å²) in [7, 11) is 0. The molecular formula is C17H32N2O2. The molecule has 4 nitrogen and oxygen atoms in total. The summed E-state index contributed by atoms with van der Waals surface area (Å²) in [6.45, 7) is 5.60. The van der Waals surface area contributed by atoms with Crippen LogP contribution in [-0.4, -0.2) is 38.3 Å². The number of ether oxygens (including phenoxy) is 1. The van der Waals surface area contributed by atoms with Crippen LogP contribution in [0.4, 0.5) is 0 Å². The Morgan fingerprint density at radius 2 is 1.95 bits per heavy atom. The van der Waals surface area contributed by atoms with Crippen LogP contribution in [0.5, 0.6) is 0 Å². The summed E-state index contributed by atoms with van der Waals surface area (Å²) in [4.78, 5) is 12.4. The Hall–Kier alpha value is -0.610. The summed E-state index contributed by atoms with van der Waals surface area (Å²) in [5.41, 5.74) is -0.129. The molecule has 2 N–H and O–H groups in total. The Kier molecular flexibility index (Phi) is 6.97. The second-order valence-electron chi connectivity index (χ2n) is 6.62. The van der Waals surface area contributed by atoms with Gasteiger partial charge in [0.15, 0.2) is 0 Å². The highest BCUT2D eigenvalue weighted by Crippen LogP contribution is 2.32. The molecule has 2 aliphatic rings. The van der Waals surface area contributed by atoms with Crippen LogP contribution in [0, 0.1) is 5.41 Å². The third-order valence-electron chi connectivity index (χ3n) is 5.23. The predicted molar refractivity (Wildman–Crippen MR) is 85.3 cm³/mol. The molecule has 0 aromatic heterocycles. The summed E-state index contributed by atoms with van der Waals surface area (Å²) in [5, 5.41) is 6.48. The van der Waals surface area contributed by atoms with E-state index in [4.69, 9.17) is 4.74 Å². The van der Waals surface area contributed by atoms with Crippen molar-refractivity contribution >= 4 is 5.91 Å². The molecule has 0 bridgehead atoms. The van der Waals surface area contributed by atoms with Gasteiger partial charge in [-0.05, 0) is 51.6 Å². The van der Waals surface area contributed by atoms with Crippen LogP contribution in [0.15, 0.2) is 0 Å². The van der Waals surface area contributed by atoms with Crippen molar-refractivity contribution in [2.24, 2.45) is 5.41 Å². The van der Waals surface area contributed by atoms with E-state index in [0.717, 1.165) is 51.9 Å². The summed E-state index contributed by atoms with van der Waals surface area (Å²) in [6.07, 6.45) is 10.7. The molecule has 0 atom stereocenters. The zero-order valence-corrected chi connectivity index (χ0v) is 13.6. The Labute approximate surface area is 129 Å². The van der Waals surface area contributed by atoms with Crippen LogP contribution >= 0.6 is 0 Å². The number of carbonyl (C=O) groups excluding carboxylic acids is 1. The molecule has 0 radical (unpaired) electrons. The van der Waals surface area contributed by atoms with Crippen molar-refractivity contribution in [1.29, 1.82) is 0 Å². The van der Waals surface area contributed by atoms with Crippen LogP contribution in [-0.2, 0) is 9.53 Å². The highest BCUT2D eigenvalue weighted by molar-refractivity contribution is 5.82. The van der Waals surface area contributed by atoms with Crippen LogP contribution in [0.1, 0.15) is 64.7 Å². The Morgan fingerprint density at radius 1 is 1.24 bits per heavy atom. The summed E-state index contributed by atoms with van der Waals surface area (Å²) in [6, 6.07) is 0. The van der Waals surface area contributed by atoms with Gasteiger partial charge in [0, 0.05) is 13.2 Å². The van der Waals surface area contributed by atoms with Crippen molar-refractivity contribution < 1.29 is 9.53 Å². The van der Waals surface area contributed by atoms with E-state index in [1.54, 1.807) is 0 Å². The monoisotopic (exact) mass is 296 g/mol. The molecule has 0 aromatic carbocycles. The Morgan fingerprint density at radius 3 is 2.62 bits per heavy atom. The predicted octanol–water partition coefficient (Wildman–Crippen LogP) is 2.62. The molecule has 2 rings (SSSR count). The first-order chi connectivity index (χ1) is 10.3. The SMILES string of the molecule is CCC1(C(=O)NCCCOC2CCCCC2)CCNCC1. The molecule has 0 unspecified atom stereocenters. The largest absolute Gasteiger partial charge is 0.378 e. The van der Waals surface area contributed by atoms with Gasteiger partial charge in [-0.2, -0.15) is 0 Å². The van der Waals surface area contributed by atoms with Crippen LogP contribution in [0.3, 0.4) is 0 Å². The Bertz CT molecular complexity index is 308. The number of hydrogen-bond donors (Lipinski definition) is 2. The van der Waals surface area contributed by atoms with E-state index in [9.17, 15) is 4.79 Å². The van der Waals surface area contributed by atoms with Gasteiger partial charge in [0.05, 0.1) is 11.5 Å². The van der Waals surface area contributed by atoms with E-state index in [1.165, 1.54) is 32.1 Å². The third kappa shape index (κ3) is 4.96. The molecule has 2 fully saturated rings. The Balaban J connectivity index is 1.59. The lowest BCUT2D eigenvalue weighted by Crippen LogP contribution is -2.47. The molecule has 1 aliphatic heterocycles. The lowest BCUT2D eigenvalue weighted by molar-refractivity contribution is -0.132. The maximum atomic E-state index is 12.4. The van der Waals surface area contributed by atoms with Gasteiger partial charge in [-0.15, -0.1) is 0 Å². The zero-order valence-electron chi connectivity index (χ0n) is 13.6. The van der Waals surface area contributed by atoms with Crippen molar-refractivity contribution in [2.45, 2.75) is 70.8 Å². The zero-order chi connectivity index (χ0) is 15.0. The average Bonchev–Trinajstić information content (AvgIpc) is 2.56. The smallest absolute Gasteiger partial charge is 0.226 e. The fourth-order valence-electron chi connectivity index (χ4n) is 3.59. The van der Waals surface area contributed by atoms with Crippen molar-refractivity contribution in [1.82, 2.24) is 10.6 Å².